The molecule has 2 rings (SSSR count). The highest BCUT2D eigenvalue weighted by atomic mass is 19.1. The Morgan fingerprint density at radius 3 is 2.73 bits per heavy atom. The highest BCUT2D eigenvalue weighted by Crippen LogP contribution is 2.11. The van der Waals surface area contributed by atoms with E-state index in [0.29, 0.717) is 25.2 Å². The van der Waals surface area contributed by atoms with Gasteiger partial charge in [0, 0.05) is 31.7 Å². The van der Waals surface area contributed by atoms with Crippen molar-refractivity contribution in [1.29, 1.82) is 0 Å². The van der Waals surface area contributed by atoms with Crippen LogP contribution in [0.2, 0.25) is 0 Å². The number of urea groups is 1. The molecule has 0 bridgehead atoms. The summed E-state index contributed by atoms with van der Waals surface area (Å²) < 4.78 is 12.7. The van der Waals surface area contributed by atoms with E-state index in [-0.39, 0.29) is 17.8 Å². The zero-order valence-electron chi connectivity index (χ0n) is 12.6. The van der Waals surface area contributed by atoms with Crippen molar-refractivity contribution in [2.45, 2.75) is 32.1 Å². The first kappa shape index (κ1) is 16.3. The lowest BCUT2D eigenvalue weighted by Crippen LogP contribution is -2.35. The monoisotopic (exact) mass is 307 g/mol. The molecule has 1 aromatic rings. The van der Waals surface area contributed by atoms with Gasteiger partial charge in [0.2, 0.25) is 5.91 Å². The van der Waals surface area contributed by atoms with Gasteiger partial charge >= 0.3 is 6.03 Å². The third-order valence-corrected chi connectivity index (χ3v) is 3.66. The Hall–Kier alpha value is -2.11. The Balaban J connectivity index is 1.64. The number of carbonyl (C=O) groups excluding carboxylic acids is 2. The van der Waals surface area contributed by atoms with Crippen molar-refractivity contribution in [1.82, 2.24) is 10.2 Å². The molecular weight excluding hydrogens is 285 g/mol. The third-order valence-electron chi connectivity index (χ3n) is 3.66. The van der Waals surface area contributed by atoms with Gasteiger partial charge in [-0.2, -0.15) is 0 Å². The van der Waals surface area contributed by atoms with Gasteiger partial charge in [-0.25, -0.2) is 9.18 Å². The highest BCUT2D eigenvalue weighted by molar-refractivity contribution is 5.89. The predicted octanol–water partition coefficient (Wildman–Crippen LogP) is 2.74. The second-order valence-corrected chi connectivity index (χ2v) is 5.43. The molecule has 1 heterocycles. The molecule has 0 aromatic heterocycles. The number of likely N-dealkylation sites (tertiary alicyclic amines) is 1. The van der Waals surface area contributed by atoms with Gasteiger partial charge in [0.1, 0.15) is 5.82 Å². The normalized spacial score (nSPS) is 15.3. The molecule has 1 aromatic carbocycles. The smallest absolute Gasteiger partial charge is 0.319 e. The first-order valence-corrected chi connectivity index (χ1v) is 7.73. The SMILES string of the molecule is O=C(NCCCN1CCCCCC1=O)Nc1ccc(F)cc1. The summed E-state index contributed by atoms with van der Waals surface area (Å²) in [4.78, 5) is 25.4. The lowest BCUT2D eigenvalue weighted by molar-refractivity contribution is -0.130. The summed E-state index contributed by atoms with van der Waals surface area (Å²) in [7, 11) is 0. The molecule has 0 spiro atoms. The first-order valence-electron chi connectivity index (χ1n) is 7.73. The Labute approximate surface area is 129 Å². The molecule has 0 saturated carbocycles. The van der Waals surface area contributed by atoms with Gasteiger partial charge in [0.15, 0.2) is 0 Å². The Morgan fingerprint density at radius 1 is 1.18 bits per heavy atom. The van der Waals surface area contributed by atoms with Crippen LogP contribution in [0.25, 0.3) is 0 Å². The topological polar surface area (TPSA) is 61.4 Å². The van der Waals surface area contributed by atoms with E-state index in [1.54, 1.807) is 0 Å². The van der Waals surface area contributed by atoms with E-state index in [4.69, 9.17) is 0 Å². The second-order valence-electron chi connectivity index (χ2n) is 5.43. The molecule has 0 radical (unpaired) electrons. The number of anilines is 1. The van der Waals surface area contributed by atoms with Gasteiger partial charge in [0.05, 0.1) is 0 Å². The summed E-state index contributed by atoms with van der Waals surface area (Å²) in [5, 5.41) is 5.36. The van der Waals surface area contributed by atoms with Gasteiger partial charge < -0.3 is 15.5 Å². The number of amides is 3. The second kappa shape index (κ2) is 8.36. The zero-order valence-corrected chi connectivity index (χ0v) is 12.6. The van der Waals surface area contributed by atoms with Crippen LogP contribution < -0.4 is 10.6 Å². The van der Waals surface area contributed by atoms with Gasteiger partial charge in [-0.1, -0.05) is 6.42 Å². The molecule has 0 atom stereocenters. The maximum absolute atomic E-state index is 12.7. The number of nitrogens with one attached hydrogen (secondary N) is 2. The Kier molecular flexibility index (Phi) is 6.18. The molecule has 1 aliphatic rings. The number of carbonyl (C=O) groups is 2. The molecule has 1 fully saturated rings. The largest absolute Gasteiger partial charge is 0.343 e. The van der Waals surface area contributed by atoms with Crippen LogP contribution in [0.5, 0.6) is 0 Å². The summed E-state index contributed by atoms with van der Waals surface area (Å²) in [5.74, 6) is -0.124. The van der Waals surface area contributed by atoms with Gasteiger partial charge in [-0.15, -0.1) is 0 Å². The molecule has 0 aliphatic carbocycles. The van der Waals surface area contributed by atoms with Crippen LogP contribution in [0.3, 0.4) is 0 Å². The fraction of sp³-hybridized carbons (Fsp3) is 0.500. The molecular formula is C16H22FN3O2. The van der Waals surface area contributed by atoms with Crippen LogP contribution in [-0.2, 0) is 4.79 Å². The average molecular weight is 307 g/mol. The number of halogens is 1. The van der Waals surface area contributed by atoms with E-state index in [9.17, 15) is 14.0 Å². The summed E-state index contributed by atoms with van der Waals surface area (Å²) in [6.45, 7) is 1.99. The molecule has 2 N–H and O–H groups in total. The van der Waals surface area contributed by atoms with Gasteiger partial charge in [-0.05, 0) is 43.5 Å². The Bertz CT molecular complexity index is 505. The molecule has 1 aliphatic heterocycles. The Morgan fingerprint density at radius 2 is 1.95 bits per heavy atom. The van der Waals surface area contributed by atoms with Crippen molar-refractivity contribution < 1.29 is 14.0 Å². The molecule has 120 valence electrons. The highest BCUT2D eigenvalue weighted by Gasteiger charge is 2.15. The standard InChI is InChI=1S/C16H22FN3O2/c17-13-6-8-14(9-7-13)19-16(22)18-10-4-12-20-11-3-1-2-5-15(20)21/h6-9H,1-5,10-12H2,(H2,18,19,22). The summed E-state index contributed by atoms with van der Waals surface area (Å²) in [5.41, 5.74) is 0.543. The van der Waals surface area contributed by atoms with Crippen LogP contribution in [0, 0.1) is 5.82 Å². The van der Waals surface area contributed by atoms with Crippen LogP contribution in [0.4, 0.5) is 14.9 Å². The van der Waals surface area contributed by atoms with E-state index < -0.39 is 0 Å². The van der Waals surface area contributed by atoms with Crippen molar-refractivity contribution in [3.63, 3.8) is 0 Å². The predicted molar refractivity (Wildman–Crippen MR) is 83.1 cm³/mol. The van der Waals surface area contributed by atoms with Crippen LogP contribution >= 0.6 is 0 Å². The van der Waals surface area contributed by atoms with Gasteiger partial charge in [-0.3, -0.25) is 4.79 Å². The van der Waals surface area contributed by atoms with Crippen molar-refractivity contribution in [2.75, 3.05) is 25.0 Å². The number of benzene rings is 1. The van der Waals surface area contributed by atoms with E-state index in [1.165, 1.54) is 24.3 Å². The molecule has 1 saturated heterocycles. The lowest BCUT2D eigenvalue weighted by atomic mass is 10.2. The van der Waals surface area contributed by atoms with Crippen molar-refractivity contribution in [3.05, 3.63) is 30.1 Å². The molecule has 5 nitrogen and oxygen atoms in total. The van der Waals surface area contributed by atoms with Crippen LogP contribution in [0.15, 0.2) is 24.3 Å². The molecule has 6 heteroatoms. The van der Waals surface area contributed by atoms with Crippen molar-refractivity contribution in [3.8, 4) is 0 Å². The number of nitrogens with zero attached hydrogens (tertiary/aromatic N) is 1. The lowest BCUT2D eigenvalue weighted by Gasteiger charge is -2.20. The quantitative estimate of drug-likeness (QED) is 0.822. The minimum absolute atomic E-state index is 0.216. The number of hydrogen-bond donors (Lipinski definition) is 2. The fourth-order valence-corrected chi connectivity index (χ4v) is 2.46. The van der Waals surface area contributed by atoms with Crippen molar-refractivity contribution >= 4 is 17.6 Å². The minimum Gasteiger partial charge on any atom is -0.343 e. The van der Waals surface area contributed by atoms with Crippen LogP contribution in [-0.4, -0.2) is 36.5 Å². The molecule has 22 heavy (non-hydrogen) atoms. The van der Waals surface area contributed by atoms with Crippen molar-refractivity contribution in [2.24, 2.45) is 0 Å². The summed E-state index contributed by atoms with van der Waals surface area (Å²) in [6, 6.07) is 5.27. The first-order chi connectivity index (χ1) is 10.6. The van der Waals surface area contributed by atoms with E-state index in [1.807, 2.05) is 4.90 Å². The van der Waals surface area contributed by atoms with Crippen LogP contribution in [0.1, 0.15) is 32.1 Å². The fourth-order valence-electron chi connectivity index (χ4n) is 2.46. The minimum atomic E-state index is -0.340. The van der Waals surface area contributed by atoms with E-state index in [2.05, 4.69) is 10.6 Å². The molecule has 3 amide bonds. The summed E-state index contributed by atoms with van der Waals surface area (Å²) >= 11 is 0. The average Bonchev–Trinajstić information content (AvgIpc) is 2.71. The number of hydrogen-bond acceptors (Lipinski definition) is 2. The summed E-state index contributed by atoms with van der Waals surface area (Å²) in [6.07, 6.45) is 4.51. The molecule has 0 unspecified atom stereocenters. The third kappa shape index (κ3) is 5.35. The van der Waals surface area contributed by atoms with Gasteiger partial charge in [0.25, 0.3) is 0 Å². The number of rotatable bonds is 5. The zero-order chi connectivity index (χ0) is 15.8. The van der Waals surface area contributed by atoms with E-state index >= 15 is 0 Å². The van der Waals surface area contributed by atoms with E-state index in [0.717, 1.165) is 32.2 Å². The maximum Gasteiger partial charge on any atom is 0.319 e. The maximum atomic E-state index is 12.7.